The fourth-order valence-electron chi connectivity index (χ4n) is 2.07. The fourth-order valence-corrected chi connectivity index (χ4v) is 3.15. The van der Waals surface area contributed by atoms with Gasteiger partial charge in [-0.3, -0.25) is 0 Å². The Bertz CT molecular complexity index is 126. The van der Waals surface area contributed by atoms with Gasteiger partial charge >= 0.3 is 0 Å². The molecule has 2 aliphatic rings. The maximum Gasteiger partial charge on any atom is 0.0480 e. The fraction of sp³-hybridized carbons (Fsp3) is 1.00. The lowest BCUT2D eigenvalue weighted by Crippen LogP contribution is -2.43. The van der Waals surface area contributed by atoms with E-state index < -0.39 is 0 Å². The maximum atomic E-state index is 5.34. The second-order valence-corrected chi connectivity index (χ2v) is 5.12. The second kappa shape index (κ2) is 5.23. The Hall–Kier alpha value is 0.270. The third kappa shape index (κ3) is 3.15. The van der Waals surface area contributed by atoms with Crippen LogP contribution in [0.15, 0.2) is 0 Å². The van der Waals surface area contributed by atoms with E-state index in [-0.39, 0.29) is 0 Å². The number of ether oxygens (including phenoxy) is 1. The summed E-state index contributed by atoms with van der Waals surface area (Å²) >= 11 is 2.10. The molecular weight excluding hydrogens is 182 g/mol. The molecule has 0 bridgehead atoms. The van der Waals surface area contributed by atoms with Gasteiger partial charge in [-0.1, -0.05) is 0 Å². The van der Waals surface area contributed by atoms with Gasteiger partial charge in [0.25, 0.3) is 0 Å². The minimum absolute atomic E-state index is 0.734. The maximum absolute atomic E-state index is 5.34. The minimum Gasteiger partial charge on any atom is -0.381 e. The molecule has 1 N–H and O–H groups in total. The molecule has 0 aromatic carbocycles. The zero-order valence-corrected chi connectivity index (χ0v) is 8.94. The van der Waals surface area contributed by atoms with Crippen molar-refractivity contribution in [3.05, 3.63) is 0 Å². The van der Waals surface area contributed by atoms with Crippen molar-refractivity contribution >= 4 is 11.8 Å². The van der Waals surface area contributed by atoms with Gasteiger partial charge in [0.05, 0.1) is 0 Å². The summed E-state index contributed by atoms with van der Waals surface area (Å²) in [6.07, 6.45) is 5.19. The summed E-state index contributed by atoms with van der Waals surface area (Å²) in [5.74, 6) is 2.68. The summed E-state index contributed by atoms with van der Waals surface area (Å²) in [7, 11) is 0. The van der Waals surface area contributed by atoms with E-state index in [1.807, 2.05) is 0 Å². The van der Waals surface area contributed by atoms with Gasteiger partial charge in [0.15, 0.2) is 0 Å². The van der Waals surface area contributed by atoms with Crippen LogP contribution in [-0.4, -0.2) is 36.8 Å². The van der Waals surface area contributed by atoms with Gasteiger partial charge in [-0.15, -0.1) is 0 Å². The molecule has 2 heterocycles. The number of hydrogen-bond acceptors (Lipinski definition) is 3. The van der Waals surface area contributed by atoms with Crippen LogP contribution in [0.2, 0.25) is 0 Å². The molecule has 0 saturated carbocycles. The van der Waals surface area contributed by atoms with Crippen LogP contribution in [0.3, 0.4) is 0 Å². The molecular formula is C10H19NOS. The molecule has 2 rings (SSSR count). The highest BCUT2D eigenvalue weighted by Crippen LogP contribution is 2.18. The lowest BCUT2D eigenvalue weighted by molar-refractivity contribution is 0.0752. The highest BCUT2D eigenvalue weighted by atomic mass is 32.2. The molecule has 2 fully saturated rings. The van der Waals surface area contributed by atoms with Crippen LogP contribution < -0.4 is 5.32 Å². The molecule has 1 atom stereocenters. The van der Waals surface area contributed by atoms with Crippen LogP contribution in [0.25, 0.3) is 0 Å². The average molecular weight is 201 g/mol. The van der Waals surface area contributed by atoms with E-state index in [0.29, 0.717) is 0 Å². The summed E-state index contributed by atoms with van der Waals surface area (Å²) < 4.78 is 5.34. The molecule has 0 radical (unpaired) electrons. The predicted molar refractivity (Wildman–Crippen MR) is 57.3 cm³/mol. The van der Waals surface area contributed by atoms with E-state index in [9.17, 15) is 0 Å². The Morgan fingerprint density at radius 3 is 2.62 bits per heavy atom. The van der Waals surface area contributed by atoms with Crippen molar-refractivity contribution in [2.24, 2.45) is 0 Å². The highest BCUT2D eigenvalue weighted by Gasteiger charge is 2.19. The van der Waals surface area contributed by atoms with Crippen molar-refractivity contribution in [1.82, 2.24) is 5.32 Å². The smallest absolute Gasteiger partial charge is 0.0480 e. The first kappa shape index (κ1) is 9.81. The summed E-state index contributed by atoms with van der Waals surface area (Å²) in [5.41, 5.74) is 0. The lowest BCUT2D eigenvalue weighted by Gasteiger charge is -2.30. The Balaban J connectivity index is 1.69. The number of rotatable bonds is 2. The van der Waals surface area contributed by atoms with Crippen LogP contribution in [0.1, 0.15) is 25.7 Å². The SMILES string of the molecule is C1CSCC(NC2CCOCC2)C1. The van der Waals surface area contributed by atoms with Gasteiger partial charge in [0.2, 0.25) is 0 Å². The Morgan fingerprint density at radius 2 is 1.92 bits per heavy atom. The third-order valence-electron chi connectivity index (χ3n) is 2.85. The molecule has 2 aliphatic heterocycles. The predicted octanol–water partition coefficient (Wildman–Crippen LogP) is 1.65. The van der Waals surface area contributed by atoms with Crippen molar-refractivity contribution in [1.29, 1.82) is 0 Å². The molecule has 13 heavy (non-hydrogen) atoms. The standard InChI is InChI=1S/C10H19NOS/c1-2-10(8-13-7-1)11-9-3-5-12-6-4-9/h9-11H,1-8H2. The molecule has 0 aliphatic carbocycles. The van der Waals surface area contributed by atoms with Crippen LogP contribution in [0, 0.1) is 0 Å². The summed E-state index contributed by atoms with van der Waals surface area (Å²) in [6.45, 7) is 1.91. The van der Waals surface area contributed by atoms with Gasteiger partial charge in [-0.25, -0.2) is 0 Å². The topological polar surface area (TPSA) is 21.3 Å². The summed E-state index contributed by atoms with van der Waals surface area (Å²) in [6, 6.07) is 1.51. The Labute approximate surface area is 84.8 Å². The van der Waals surface area contributed by atoms with Crippen LogP contribution in [-0.2, 0) is 4.74 Å². The molecule has 0 amide bonds. The highest BCUT2D eigenvalue weighted by molar-refractivity contribution is 7.99. The first-order valence-corrected chi connectivity index (χ1v) is 6.52. The molecule has 2 nitrogen and oxygen atoms in total. The first-order chi connectivity index (χ1) is 6.45. The third-order valence-corrected chi connectivity index (χ3v) is 4.07. The van der Waals surface area contributed by atoms with E-state index in [1.165, 1.54) is 37.2 Å². The van der Waals surface area contributed by atoms with Gasteiger partial charge in [-0.2, -0.15) is 11.8 Å². The van der Waals surface area contributed by atoms with Crippen molar-refractivity contribution < 1.29 is 4.74 Å². The molecule has 0 spiro atoms. The van der Waals surface area contributed by atoms with Crippen molar-refractivity contribution in [2.75, 3.05) is 24.7 Å². The molecule has 2 saturated heterocycles. The zero-order chi connectivity index (χ0) is 8.93. The molecule has 0 aromatic rings. The minimum atomic E-state index is 0.734. The van der Waals surface area contributed by atoms with Gasteiger partial charge in [0.1, 0.15) is 0 Å². The van der Waals surface area contributed by atoms with Crippen molar-refractivity contribution in [3.8, 4) is 0 Å². The Morgan fingerprint density at radius 1 is 1.08 bits per heavy atom. The molecule has 3 heteroatoms. The normalized spacial score (nSPS) is 31.8. The van der Waals surface area contributed by atoms with Gasteiger partial charge < -0.3 is 10.1 Å². The van der Waals surface area contributed by atoms with E-state index in [1.54, 1.807) is 0 Å². The second-order valence-electron chi connectivity index (χ2n) is 3.97. The summed E-state index contributed by atoms with van der Waals surface area (Å²) in [4.78, 5) is 0. The van der Waals surface area contributed by atoms with E-state index in [2.05, 4.69) is 17.1 Å². The monoisotopic (exact) mass is 201 g/mol. The average Bonchev–Trinajstić information content (AvgIpc) is 2.21. The number of nitrogens with one attached hydrogen (secondary N) is 1. The molecule has 76 valence electrons. The van der Waals surface area contributed by atoms with E-state index in [0.717, 1.165) is 25.3 Å². The van der Waals surface area contributed by atoms with Crippen LogP contribution in [0.4, 0.5) is 0 Å². The lowest BCUT2D eigenvalue weighted by atomic mass is 10.1. The van der Waals surface area contributed by atoms with Crippen molar-refractivity contribution in [3.63, 3.8) is 0 Å². The molecule has 0 aromatic heterocycles. The van der Waals surface area contributed by atoms with Crippen LogP contribution in [0.5, 0.6) is 0 Å². The molecule has 1 unspecified atom stereocenters. The van der Waals surface area contributed by atoms with Crippen LogP contribution >= 0.6 is 11.8 Å². The van der Waals surface area contributed by atoms with Crippen molar-refractivity contribution in [2.45, 2.75) is 37.8 Å². The largest absolute Gasteiger partial charge is 0.381 e. The van der Waals surface area contributed by atoms with E-state index in [4.69, 9.17) is 4.74 Å². The number of hydrogen-bond donors (Lipinski definition) is 1. The first-order valence-electron chi connectivity index (χ1n) is 5.37. The van der Waals surface area contributed by atoms with Gasteiger partial charge in [0, 0.05) is 31.1 Å². The number of thioether (sulfide) groups is 1. The summed E-state index contributed by atoms with van der Waals surface area (Å²) in [5, 5.41) is 3.76. The Kier molecular flexibility index (Phi) is 3.94. The van der Waals surface area contributed by atoms with Gasteiger partial charge in [-0.05, 0) is 31.4 Å². The zero-order valence-electron chi connectivity index (χ0n) is 8.13. The van der Waals surface area contributed by atoms with E-state index >= 15 is 0 Å². The quantitative estimate of drug-likeness (QED) is 0.734.